The highest BCUT2D eigenvalue weighted by molar-refractivity contribution is 7.13. The lowest BCUT2D eigenvalue weighted by Gasteiger charge is -2.19. The first-order valence-electron chi connectivity index (χ1n) is 5.60. The molecule has 100 valence electrons. The molecule has 0 atom stereocenters. The van der Waals surface area contributed by atoms with Crippen molar-refractivity contribution in [3.8, 4) is 0 Å². The average molecular weight is 290 g/mol. The van der Waals surface area contributed by atoms with E-state index in [1.54, 1.807) is 4.90 Å². The number of carbonyl (C=O) groups excluding carboxylic acids is 2. The Labute approximate surface area is 115 Å². The standard InChI is InChI=1S/C12H16ClNO3S/c1-4-14(6-5-9(15)17-3)12(16)11-10(13)8(2)7-18-11/h7H,4-6H2,1-3H3. The molecule has 0 fully saturated rings. The van der Waals surface area contributed by atoms with Crippen molar-refractivity contribution in [1.82, 2.24) is 4.90 Å². The van der Waals surface area contributed by atoms with Crippen LogP contribution in [0.4, 0.5) is 0 Å². The molecule has 0 saturated carbocycles. The van der Waals surface area contributed by atoms with Crippen molar-refractivity contribution < 1.29 is 14.3 Å². The predicted octanol–water partition coefficient (Wildman–Crippen LogP) is 2.74. The topological polar surface area (TPSA) is 46.6 Å². The summed E-state index contributed by atoms with van der Waals surface area (Å²) in [5, 5.41) is 2.35. The third-order valence-corrected chi connectivity index (χ3v) is 4.26. The average Bonchev–Trinajstić information content (AvgIpc) is 2.70. The van der Waals surface area contributed by atoms with Gasteiger partial charge in [0, 0.05) is 13.1 Å². The molecule has 0 radical (unpaired) electrons. The Morgan fingerprint density at radius 1 is 1.50 bits per heavy atom. The third kappa shape index (κ3) is 3.46. The fourth-order valence-electron chi connectivity index (χ4n) is 1.45. The van der Waals surface area contributed by atoms with Gasteiger partial charge in [-0.3, -0.25) is 9.59 Å². The molecule has 0 aliphatic rings. The van der Waals surface area contributed by atoms with Gasteiger partial charge in [0.25, 0.3) is 5.91 Å². The van der Waals surface area contributed by atoms with Crippen LogP contribution in [0.5, 0.6) is 0 Å². The zero-order chi connectivity index (χ0) is 13.7. The number of esters is 1. The molecule has 1 aromatic rings. The third-order valence-electron chi connectivity index (χ3n) is 2.58. The lowest BCUT2D eigenvalue weighted by Crippen LogP contribution is -2.32. The number of carbonyl (C=O) groups is 2. The van der Waals surface area contributed by atoms with Crippen LogP contribution in [0.25, 0.3) is 0 Å². The van der Waals surface area contributed by atoms with Crippen molar-refractivity contribution >= 4 is 34.8 Å². The van der Waals surface area contributed by atoms with Gasteiger partial charge in [0.15, 0.2) is 0 Å². The van der Waals surface area contributed by atoms with Gasteiger partial charge >= 0.3 is 5.97 Å². The molecule has 0 saturated heterocycles. The first-order chi connectivity index (χ1) is 8.51. The zero-order valence-electron chi connectivity index (χ0n) is 10.7. The van der Waals surface area contributed by atoms with Gasteiger partial charge in [-0.05, 0) is 24.8 Å². The normalized spacial score (nSPS) is 10.2. The summed E-state index contributed by atoms with van der Waals surface area (Å²) in [5.74, 6) is -0.459. The molecular formula is C12H16ClNO3S. The highest BCUT2D eigenvalue weighted by Crippen LogP contribution is 2.28. The first kappa shape index (κ1) is 15.0. The minimum absolute atomic E-state index is 0.135. The van der Waals surface area contributed by atoms with Gasteiger partial charge in [-0.2, -0.15) is 0 Å². The predicted molar refractivity (Wildman–Crippen MR) is 72.3 cm³/mol. The number of ether oxygens (including phenoxy) is 1. The summed E-state index contributed by atoms with van der Waals surface area (Å²) >= 11 is 7.39. The van der Waals surface area contributed by atoms with Crippen LogP contribution < -0.4 is 0 Å². The van der Waals surface area contributed by atoms with Crippen LogP contribution in [0.2, 0.25) is 5.02 Å². The van der Waals surface area contributed by atoms with Crippen LogP contribution in [0.1, 0.15) is 28.6 Å². The second kappa shape index (κ2) is 6.75. The number of nitrogens with zero attached hydrogens (tertiary/aromatic N) is 1. The zero-order valence-corrected chi connectivity index (χ0v) is 12.2. The van der Waals surface area contributed by atoms with Crippen molar-refractivity contribution in [1.29, 1.82) is 0 Å². The van der Waals surface area contributed by atoms with Gasteiger partial charge in [0.05, 0.1) is 18.6 Å². The second-order valence-electron chi connectivity index (χ2n) is 3.77. The molecule has 6 heteroatoms. The number of rotatable bonds is 5. The van der Waals surface area contributed by atoms with Crippen molar-refractivity contribution in [3.05, 3.63) is 20.8 Å². The molecule has 1 aromatic heterocycles. The van der Waals surface area contributed by atoms with Crippen LogP contribution in [-0.4, -0.2) is 37.0 Å². The minimum atomic E-state index is -0.324. The number of halogens is 1. The summed E-state index contributed by atoms with van der Waals surface area (Å²) in [6.07, 6.45) is 0.193. The maximum Gasteiger partial charge on any atom is 0.307 e. The van der Waals surface area contributed by atoms with E-state index in [0.29, 0.717) is 23.0 Å². The van der Waals surface area contributed by atoms with E-state index < -0.39 is 0 Å². The lowest BCUT2D eigenvalue weighted by atomic mass is 10.3. The Morgan fingerprint density at radius 2 is 2.17 bits per heavy atom. The van der Waals surface area contributed by atoms with Gasteiger partial charge in [0.2, 0.25) is 0 Å². The van der Waals surface area contributed by atoms with Crippen molar-refractivity contribution in [2.75, 3.05) is 20.2 Å². The largest absolute Gasteiger partial charge is 0.469 e. The monoisotopic (exact) mass is 289 g/mol. The SMILES string of the molecule is CCN(CCC(=O)OC)C(=O)c1scc(C)c1Cl. The fourth-order valence-corrected chi connectivity index (χ4v) is 2.69. The molecule has 0 aliphatic heterocycles. The molecule has 0 bridgehead atoms. The molecule has 1 amide bonds. The Hall–Kier alpha value is -1.07. The summed E-state index contributed by atoms with van der Waals surface area (Å²) in [5.41, 5.74) is 0.897. The summed E-state index contributed by atoms with van der Waals surface area (Å²) < 4.78 is 4.56. The Kier molecular flexibility index (Phi) is 5.62. The van der Waals surface area contributed by atoms with Gasteiger partial charge in [0.1, 0.15) is 4.88 Å². The molecule has 4 nitrogen and oxygen atoms in total. The van der Waals surface area contributed by atoms with E-state index in [4.69, 9.17) is 11.6 Å². The molecule has 0 unspecified atom stereocenters. The smallest absolute Gasteiger partial charge is 0.307 e. The summed E-state index contributed by atoms with van der Waals surface area (Å²) in [7, 11) is 1.33. The number of amides is 1. The van der Waals surface area contributed by atoms with Crippen LogP contribution in [0, 0.1) is 6.92 Å². The molecule has 0 N–H and O–H groups in total. The molecule has 18 heavy (non-hydrogen) atoms. The summed E-state index contributed by atoms with van der Waals surface area (Å²) in [4.78, 5) is 25.4. The minimum Gasteiger partial charge on any atom is -0.469 e. The summed E-state index contributed by atoms with van der Waals surface area (Å²) in [6.45, 7) is 4.60. The van der Waals surface area contributed by atoms with E-state index in [0.717, 1.165) is 5.56 Å². The molecule has 0 aliphatic carbocycles. The number of methoxy groups -OCH3 is 1. The van der Waals surface area contributed by atoms with E-state index >= 15 is 0 Å². The van der Waals surface area contributed by atoms with E-state index in [1.807, 2.05) is 19.2 Å². The van der Waals surface area contributed by atoms with Crippen LogP contribution >= 0.6 is 22.9 Å². The van der Waals surface area contributed by atoms with E-state index in [9.17, 15) is 9.59 Å². The van der Waals surface area contributed by atoms with E-state index in [2.05, 4.69) is 4.74 Å². The maximum absolute atomic E-state index is 12.2. The molecule has 0 spiro atoms. The van der Waals surface area contributed by atoms with Gasteiger partial charge in [-0.1, -0.05) is 11.6 Å². The van der Waals surface area contributed by atoms with Gasteiger partial charge in [-0.15, -0.1) is 11.3 Å². The Bertz CT molecular complexity index is 445. The Morgan fingerprint density at radius 3 is 2.61 bits per heavy atom. The van der Waals surface area contributed by atoms with Crippen LogP contribution in [0.3, 0.4) is 0 Å². The maximum atomic E-state index is 12.2. The van der Waals surface area contributed by atoms with Gasteiger partial charge < -0.3 is 9.64 Å². The van der Waals surface area contributed by atoms with E-state index in [-0.39, 0.29) is 18.3 Å². The molecule has 1 rings (SSSR count). The second-order valence-corrected chi connectivity index (χ2v) is 5.03. The van der Waals surface area contributed by atoms with Crippen LogP contribution in [-0.2, 0) is 9.53 Å². The Balaban J connectivity index is 2.73. The highest BCUT2D eigenvalue weighted by atomic mass is 35.5. The number of aryl methyl sites for hydroxylation is 1. The number of hydrogen-bond donors (Lipinski definition) is 0. The van der Waals surface area contributed by atoms with Crippen LogP contribution in [0.15, 0.2) is 5.38 Å². The highest BCUT2D eigenvalue weighted by Gasteiger charge is 2.20. The molecule has 1 heterocycles. The number of thiophene rings is 1. The van der Waals surface area contributed by atoms with Crippen molar-refractivity contribution in [2.45, 2.75) is 20.3 Å². The van der Waals surface area contributed by atoms with E-state index in [1.165, 1.54) is 18.4 Å². The fraction of sp³-hybridized carbons (Fsp3) is 0.500. The lowest BCUT2D eigenvalue weighted by molar-refractivity contribution is -0.140. The first-order valence-corrected chi connectivity index (χ1v) is 6.86. The number of hydrogen-bond acceptors (Lipinski definition) is 4. The summed E-state index contributed by atoms with van der Waals surface area (Å²) in [6, 6.07) is 0. The van der Waals surface area contributed by atoms with Gasteiger partial charge in [-0.25, -0.2) is 0 Å². The molecule has 0 aromatic carbocycles. The molecular weight excluding hydrogens is 274 g/mol. The van der Waals surface area contributed by atoms with Crippen molar-refractivity contribution in [2.24, 2.45) is 0 Å². The van der Waals surface area contributed by atoms with Crippen molar-refractivity contribution in [3.63, 3.8) is 0 Å². The quantitative estimate of drug-likeness (QED) is 0.783.